The highest BCUT2D eigenvalue weighted by atomic mass is 35.5. The molecular weight excluding hydrogens is 278 g/mol. The SMILES string of the molecule is CCC(C#N)N1CCN(C(=O)c2cncc(Cl)n2)CC1. The van der Waals surface area contributed by atoms with Crippen LogP contribution in [0.15, 0.2) is 12.4 Å². The molecule has 1 aliphatic heterocycles. The Bertz CT molecular complexity index is 522. The van der Waals surface area contributed by atoms with E-state index in [0.717, 1.165) is 6.42 Å². The largest absolute Gasteiger partial charge is 0.335 e. The number of carbonyl (C=O) groups excluding carboxylic acids is 1. The first-order valence-electron chi connectivity index (χ1n) is 6.56. The van der Waals surface area contributed by atoms with Crippen LogP contribution in [-0.2, 0) is 0 Å². The van der Waals surface area contributed by atoms with E-state index in [1.807, 2.05) is 6.92 Å². The molecule has 0 N–H and O–H groups in total. The summed E-state index contributed by atoms with van der Waals surface area (Å²) in [5, 5.41) is 9.27. The maximum absolute atomic E-state index is 12.2. The lowest BCUT2D eigenvalue weighted by atomic mass is 10.2. The lowest BCUT2D eigenvalue weighted by Gasteiger charge is -2.36. The van der Waals surface area contributed by atoms with Crippen molar-refractivity contribution in [2.24, 2.45) is 0 Å². The number of piperazine rings is 1. The predicted octanol–water partition coefficient (Wildman–Crippen LogP) is 1.19. The summed E-state index contributed by atoms with van der Waals surface area (Å²) in [7, 11) is 0. The molecule has 2 heterocycles. The minimum absolute atomic E-state index is 0.0711. The minimum atomic E-state index is -0.162. The second-order valence-corrected chi connectivity index (χ2v) is 5.00. The van der Waals surface area contributed by atoms with Gasteiger partial charge in [-0.15, -0.1) is 0 Å². The van der Waals surface area contributed by atoms with Crippen molar-refractivity contribution >= 4 is 17.5 Å². The minimum Gasteiger partial charge on any atom is -0.335 e. The van der Waals surface area contributed by atoms with Crippen molar-refractivity contribution in [1.29, 1.82) is 5.26 Å². The van der Waals surface area contributed by atoms with E-state index < -0.39 is 0 Å². The Balaban J connectivity index is 1.97. The molecule has 6 nitrogen and oxygen atoms in total. The molecule has 0 spiro atoms. The molecule has 106 valence electrons. The Labute approximate surface area is 123 Å². The van der Waals surface area contributed by atoms with Crippen LogP contribution < -0.4 is 0 Å². The van der Waals surface area contributed by atoms with Crippen molar-refractivity contribution in [3.63, 3.8) is 0 Å². The average Bonchev–Trinajstić information content (AvgIpc) is 2.48. The Morgan fingerprint density at radius 2 is 2.15 bits per heavy atom. The number of hydrogen-bond donors (Lipinski definition) is 0. The third kappa shape index (κ3) is 3.24. The van der Waals surface area contributed by atoms with Gasteiger partial charge in [0.15, 0.2) is 0 Å². The van der Waals surface area contributed by atoms with Gasteiger partial charge in [-0.05, 0) is 6.42 Å². The zero-order valence-corrected chi connectivity index (χ0v) is 12.0. The third-order valence-corrected chi connectivity index (χ3v) is 3.58. The number of rotatable bonds is 3. The summed E-state index contributed by atoms with van der Waals surface area (Å²) < 4.78 is 0. The average molecular weight is 294 g/mol. The lowest BCUT2D eigenvalue weighted by Crippen LogP contribution is -2.51. The molecule has 0 bridgehead atoms. The van der Waals surface area contributed by atoms with Crippen LogP contribution in [0, 0.1) is 11.3 Å². The van der Waals surface area contributed by atoms with Gasteiger partial charge in [0.2, 0.25) is 0 Å². The van der Waals surface area contributed by atoms with Gasteiger partial charge in [0, 0.05) is 26.2 Å². The monoisotopic (exact) mass is 293 g/mol. The van der Waals surface area contributed by atoms with Gasteiger partial charge in [0.1, 0.15) is 10.8 Å². The number of nitrogens with zero attached hydrogens (tertiary/aromatic N) is 5. The number of halogens is 1. The van der Waals surface area contributed by atoms with E-state index in [-0.39, 0.29) is 22.8 Å². The number of nitriles is 1. The molecule has 1 aromatic heterocycles. The van der Waals surface area contributed by atoms with E-state index in [4.69, 9.17) is 16.9 Å². The molecule has 1 amide bonds. The molecule has 0 radical (unpaired) electrons. The quantitative estimate of drug-likeness (QED) is 0.837. The topological polar surface area (TPSA) is 73.1 Å². The van der Waals surface area contributed by atoms with Gasteiger partial charge in [-0.25, -0.2) is 4.98 Å². The summed E-state index contributed by atoms with van der Waals surface area (Å²) in [6, 6.07) is 2.22. The normalized spacial score (nSPS) is 17.6. The van der Waals surface area contributed by atoms with Gasteiger partial charge >= 0.3 is 0 Å². The number of aromatic nitrogens is 2. The van der Waals surface area contributed by atoms with E-state index >= 15 is 0 Å². The molecule has 0 aromatic carbocycles. The van der Waals surface area contributed by atoms with Crippen LogP contribution in [0.1, 0.15) is 23.8 Å². The molecule has 1 unspecified atom stereocenters. The Hall–Kier alpha value is -1.71. The molecule has 1 fully saturated rings. The molecule has 1 aliphatic rings. The zero-order chi connectivity index (χ0) is 14.5. The van der Waals surface area contributed by atoms with E-state index in [1.165, 1.54) is 12.4 Å². The standard InChI is InChI=1S/C13H16ClN5O/c1-2-10(7-15)18-3-5-19(6-4-18)13(20)11-8-16-9-12(14)17-11/h8-10H,2-6H2,1H3. The molecule has 1 saturated heterocycles. The smallest absolute Gasteiger partial charge is 0.274 e. The summed E-state index contributed by atoms with van der Waals surface area (Å²) in [6.07, 6.45) is 3.62. The van der Waals surface area contributed by atoms with Crippen LogP contribution in [0.4, 0.5) is 0 Å². The Morgan fingerprint density at radius 3 is 2.70 bits per heavy atom. The van der Waals surface area contributed by atoms with Gasteiger partial charge in [-0.1, -0.05) is 18.5 Å². The number of hydrogen-bond acceptors (Lipinski definition) is 5. The second kappa shape index (κ2) is 6.64. The highest BCUT2D eigenvalue weighted by Gasteiger charge is 2.26. The molecule has 7 heteroatoms. The molecule has 20 heavy (non-hydrogen) atoms. The first-order valence-corrected chi connectivity index (χ1v) is 6.94. The highest BCUT2D eigenvalue weighted by Crippen LogP contribution is 2.12. The van der Waals surface area contributed by atoms with E-state index in [1.54, 1.807) is 4.90 Å². The summed E-state index contributed by atoms with van der Waals surface area (Å²) in [5.41, 5.74) is 0.262. The Morgan fingerprint density at radius 1 is 1.45 bits per heavy atom. The van der Waals surface area contributed by atoms with Crippen molar-refractivity contribution in [2.75, 3.05) is 26.2 Å². The van der Waals surface area contributed by atoms with Crippen molar-refractivity contribution in [3.8, 4) is 6.07 Å². The van der Waals surface area contributed by atoms with Crippen LogP contribution in [0.3, 0.4) is 0 Å². The fourth-order valence-corrected chi connectivity index (χ4v) is 2.42. The second-order valence-electron chi connectivity index (χ2n) is 4.61. The van der Waals surface area contributed by atoms with Crippen molar-refractivity contribution in [2.45, 2.75) is 19.4 Å². The van der Waals surface area contributed by atoms with E-state index in [9.17, 15) is 4.79 Å². The van der Waals surface area contributed by atoms with Gasteiger partial charge in [0.25, 0.3) is 5.91 Å². The van der Waals surface area contributed by atoms with Gasteiger partial charge in [-0.3, -0.25) is 14.7 Å². The number of amides is 1. The van der Waals surface area contributed by atoms with Crippen LogP contribution in [0.5, 0.6) is 0 Å². The van der Waals surface area contributed by atoms with Crippen molar-refractivity contribution in [3.05, 3.63) is 23.2 Å². The summed E-state index contributed by atoms with van der Waals surface area (Å²) in [4.78, 5) is 23.9. The van der Waals surface area contributed by atoms with Crippen LogP contribution in [0.2, 0.25) is 5.15 Å². The summed E-state index contributed by atoms with van der Waals surface area (Å²) >= 11 is 5.74. The summed E-state index contributed by atoms with van der Waals surface area (Å²) in [6.45, 7) is 4.57. The Kier molecular flexibility index (Phi) is 4.88. The van der Waals surface area contributed by atoms with Gasteiger partial charge < -0.3 is 4.90 Å². The maximum atomic E-state index is 12.2. The van der Waals surface area contributed by atoms with Crippen LogP contribution in [-0.4, -0.2) is 57.9 Å². The van der Waals surface area contributed by atoms with Gasteiger partial charge in [-0.2, -0.15) is 5.26 Å². The molecule has 1 atom stereocenters. The fourth-order valence-electron chi connectivity index (χ4n) is 2.28. The van der Waals surface area contributed by atoms with Crippen molar-refractivity contribution in [1.82, 2.24) is 19.8 Å². The van der Waals surface area contributed by atoms with E-state index in [2.05, 4.69) is 20.9 Å². The van der Waals surface area contributed by atoms with Crippen LogP contribution >= 0.6 is 11.6 Å². The van der Waals surface area contributed by atoms with Gasteiger partial charge in [0.05, 0.1) is 24.5 Å². The first-order chi connectivity index (χ1) is 9.65. The first kappa shape index (κ1) is 14.7. The maximum Gasteiger partial charge on any atom is 0.274 e. The van der Waals surface area contributed by atoms with E-state index in [0.29, 0.717) is 26.2 Å². The van der Waals surface area contributed by atoms with Crippen LogP contribution in [0.25, 0.3) is 0 Å². The zero-order valence-electron chi connectivity index (χ0n) is 11.3. The fraction of sp³-hybridized carbons (Fsp3) is 0.538. The molecule has 0 aliphatic carbocycles. The molecule has 1 aromatic rings. The molecular formula is C13H16ClN5O. The lowest BCUT2D eigenvalue weighted by molar-refractivity contribution is 0.0598. The molecule has 2 rings (SSSR count). The third-order valence-electron chi connectivity index (χ3n) is 3.40. The summed E-state index contributed by atoms with van der Waals surface area (Å²) in [5.74, 6) is -0.162. The molecule has 0 saturated carbocycles. The predicted molar refractivity (Wildman–Crippen MR) is 74.2 cm³/mol. The highest BCUT2D eigenvalue weighted by molar-refractivity contribution is 6.29. The number of carbonyl (C=O) groups is 1. The van der Waals surface area contributed by atoms with Crippen molar-refractivity contribution < 1.29 is 4.79 Å².